The van der Waals surface area contributed by atoms with Gasteiger partial charge in [-0.3, -0.25) is 9.89 Å². The highest BCUT2D eigenvalue weighted by Crippen LogP contribution is 2.40. The van der Waals surface area contributed by atoms with E-state index in [9.17, 15) is 13.6 Å². The monoisotopic (exact) mass is 339 g/mol. The van der Waals surface area contributed by atoms with Crippen LogP contribution in [0.3, 0.4) is 0 Å². The van der Waals surface area contributed by atoms with Crippen molar-refractivity contribution < 1.29 is 13.6 Å². The molecule has 1 amide bonds. The molecule has 6 heteroatoms. The molecule has 1 unspecified atom stereocenters. The molecule has 1 N–H and O–H groups in total. The number of hydrogen-bond donors (Lipinski definition) is 1. The van der Waals surface area contributed by atoms with Gasteiger partial charge in [0, 0.05) is 36.6 Å². The van der Waals surface area contributed by atoms with Crippen molar-refractivity contribution in [3.63, 3.8) is 0 Å². The summed E-state index contributed by atoms with van der Waals surface area (Å²) in [4.78, 5) is 15.1. The third-order valence-electron chi connectivity index (χ3n) is 5.62. The molecular formula is C18H27F2N3O. The Hall–Kier alpha value is -1.46. The van der Waals surface area contributed by atoms with E-state index in [1.807, 2.05) is 18.7 Å². The summed E-state index contributed by atoms with van der Waals surface area (Å²) < 4.78 is 26.8. The third-order valence-corrected chi connectivity index (χ3v) is 5.62. The standard InChI is InChI=1S/C18H27F2N3O/c1-12-16(13(2)22-21-12)15-6-4-3-5-11-23(15)17(24)14-7-9-18(19,20)10-8-14/h14-15H,3-11H2,1-2H3,(H,21,22). The molecule has 1 saturated carbocycles. The van der Waals surface area contributed by atoms with E-state index in [0.29, 0.717) is 12.8 Å². The molecule has 0 bridgehead atoms. The molecule has 1 atom stereocenters. The summed E-state index contributed by atoms with van der Waals surface area (Å²) in [5, 5.41) is 7.30. The van der Waals surface area contributed by atoms with Crippen molar-refractivity contribution in [2.24, 2.45) is 5.92 Å². The van der Waals surface area contributed by atoms with Crippen LogP contribution >= 0.6 is 0 Å². The van der Waals surface area contributed by atoms with Crippen LogP contribution in [0.25, 0.3) is 0 Å². The number of aromatic amines is 1. The number of hydrogen-bond acceptors (Lipinski definition) is 2. The average Bonchev–Trinajstić information content (AvgIpc) is 2.75. The van der Waals surface area contributed by atoms with E-state index in [4.69, 9.17) is 0 Å². The Kier molecular flexibility index (Phi) is 4.92. The number of aryl methyl sites for hydroxylation is 2. The number of likely N-dealkylation sites (tertiary alicyclic amines) is 1. The van der Waals surface area contributed by atoms with Crippen molar-refractivity contribution in [1.29, 1.82) is 0 Å². The van der Waals surface area contributed by atoms with Crippen molar-refractivity contribution in [2.75, 3.05) is 6.54 Å². The van der Waals surface area contributed by atoms with Crippen LogP contribution in [0.5, 0.6) is 0 Å². The van der Waals surface area contributed by atoms with Crippen LogP contribution in [0.15, 0.2) is 0 Å². The quantitative estimate of drug-likeness (QED) is 0.873. The number of carbonyl (C=O) groups excluding carboxylic acids is 1. The lowest BCUT2D eigenvalue weighted by atomic mass is 9.85. The fourth-order valence-electron chi connectivity index (χ4n) is 4.24. The van der Waals surface area contributed by atoms with E-state index in [1.54, 1.807) is 0 Å². The van der Waals surface area contributed by atoms with Crippen LogP contribution in [0, 0.1) is 19.8 Å². The molecule has 1 aliphatic carbocycles. The first-order chi connectivity index (χ1) is 11.4. The fourth-order valence-corrected chi connectivity index (χ4v) is 4.24. The summed E-state index contributed by atoms with van der Waals surface area (Å²) in [6.07, 6.45) is 4.39. The van der Waals surface area contributed by atoms with Gasteiger partial charge in [-0.1, -0.05) is 12.8 Å². The zero-order valence-corrected chi connectivity index (χ0v) is 14.6. The molecular weight excluding hydrogens is 312 g/mol. The van der Waals surface area contributed by atoms with E-state index in [2.05, 4.69) is 10.2 Å². The maximum atomic E-state index is 13.4. The number of nitrogens with one attached hydrogen (secondary N) is 1. The zero-order valence-electron chi connectivity index (χ0n) is 14.6. The number of halogens is 2. The summed E-state index contributed by atoms with van der Waals surface area (Å²) in [6, 6.07) is 0.0289. The van der Waals surface area contributed by atoms with Gasteiger partial charge in [0.2, 0.25) is 11.8 Å². The van der Waals surface area contributed by atoms with Crippen LogP contribution in [-0.4, -0.2) is 33.5 Å². The van der Waals surface area contributed by atoms with Gasteiger partial charge in [-0.05, 0) is 39.5 Å². The van der Waals surface area contributed by atoms with Crippen LogP contribution in [0.1, 0.15) is 74.4 Å². The minimum atomic E-state index is -2.59. The predicted octanol–water partition coefficient (Wildman–Crippen LogP) is 4.30. The summed E-state index contributed by atoms with van der Waals surface area (Å²) in [5.74, 6) is -2.78. The molecule has 1 aliphatic heterocycles. The molecule has 0 aromatic carbocycles. The lowest BCUT2D eigenvalue weighted by molar-refractivity contribution is -0.142. The van der Waals surface area contributed by atoms with Gasteiger partial charge < -0.3 is 4.90 Å². The van der Waals surface area contributed by atoms with Gasteiger partial charge in [0.1, 0.15) is 0 Å². The molecule has 4 nitrogen and oxygen atoms in total. The second kappa shape index (κ2) is 6.81. The first-order valence-corrected chi connectivity index (χ1v) is 9.09. The van der Waals surface area contributed by atoms with Crippen molar-refractivity contribution in [2.45, 2.75) is 77.2 Å². The Labute approximate surface area is 142 Å². The van der Waals surface area contributed by atoms with E-state index in [0.717, 1.165) is 49.2 Å². The Morgan fingerprint density at radius 3 is 2.50 bits per heavy atom. The number of nitrogens with zero attached hydrogens (tertiary/aromatic N) is 2. The van der Waals surface area contributed by atoms with Gasteiger partial charge in [0.15, 0.2) is 0 Å². The van der Waals surface area contributed by atoms with Crippen LogP contribution < -0.4 is 0 Å². The average molecular weight is 339 g/mol. The lowest BCUT2D eigenvalue weighted by Gasteiger charge is -2.36. The van der Waals surface area contributed by atoms with Gasteiger partial charge in [-0.15, -0.1) is 0 Å². The van der Waals surface area contributed by atoms with Crippen molar-refractivity contribution in [3.05, 3.63) is 17.0 Å². The van der Waals surface area contributed by atoms with E-state index in [-0.39, 0.29) is 30.7 Å². The topological polar surface area (TPSA) is 49.0 Å². The van der Waals surface area contributed by atoms with Crippen molar-refractivity contribution in [3.8, 4) is 0 Å². The molecule has 2 aliphatic rings. The Morgan fingerprint density at radius 1 is 1.17 bits per heavy atom. The zero-order chi connectivity index (χ0) is 17.3. The summed E-state index contributed by atoms with van der Waals surface area (Å²) in [7, 11) is 0. The highest BCUT2D eigenvalue weighted by Gasteiger charge is 2.40. The normalized spacial score (nSPS) is 25.5. The Bertz CT molecular complexity index is 570. The number of aromatic nitrogens is 2. The van der Waals surface area contributed by atoms with Gasteiger partial charge in [0.05, 0.1) is 11.7 Å². The Morgan fingerprint density at radius 2 is 1.88 bits per heavy atom. The SMILES string of the molecule is Cc1n[nH]c(C)c1C1CCCCCN1C(=O)C1CCC(F)(F)CC1. The van der Waals surface area contributed by atoms with Gasteiger partial charge >= 0.3 is 0 Å². The number of rotatable bonds is 2. The fraction of sp³-hybridized carbons (Fsp3) is 0.778. The van der Waals surface area contributed by atoms with Crippen LogP contribution in [0.4, 0.5) is 8.78 Å². The molecule has 134 valence electrons. The van der Waals surface area contributed by atoms with E-state index >= 15 is 0 Å². The first kappa shape index (κ1) is 17.4. The molecule has 0 radical (unpaired) electrons. The number of amides is 1. The van der Waals surface area contributed by atoms with Crippen molar-refractivity contribution in [1.82, 2.24) is 15.1 Å². The maximum absolute atomic E-state index is 13.4. The summed E-state index contributed by atoms with van der Waals surface area (Å²) in [5.41, 5.74) is 3.06. The molecule has 1 aromatic rings. The molecule has 24 heavy (non-hydrogen) atoms. The number of H-pyrrole nitrogens is 1. The highest BCUT2D eigenvalue weighted by atomic mass is 19.3. The molecule has 2 fully saturated rings. The van der Waals surface area contributed by atoms with Gasteiger partial charge in [-0.2, -0.15) is 5.10 Å². The third kappa shape index (κ3) is 3.47. The largest absolute Gasteiger partial charge is 0.335 e. The number of alkyl halides is 2. The first-order valence-electron chi connectivity index (χ1n) is 9.09. The van der Waals surface area contributed by atoms with Crippen molar-refractivity contribution >= 4 is 5.91 Å². The number of carbonyl (C=O) groups is 1. The van der Waals surface area contributed by atoms with Gasteiger partial charge in [0.25, 0.3) is 0 Å². The molecule has 1 saturated heterocycles. The second-order valence-corrected chi connectivity index (χ2v) is 7.37. The summed E-state index contributed by atoms with van der Waals surface area (Å²) >= 11 is 0. The lowest BCUT2D eigenvalue weighted by Crippen LogP contribution is -2.41. The van der Waals surface area contributed by atoms with Gasteiger partial charge in [-0.25, -0.2) is 8.78 Å². The smallest absolute Gasteiger partial charge is 0.248 e. The highest BCUT2D eigenvalue weighted by molar-refractivity contribution is 5.79. The summed E-state index contributed by atoms with van der Waals surface area (Å²) in [6.45, 7) is 4.68. The molecule has 2 heterocycles. The second-order valence-electron chi connectivity index (χ2n) is 7.37. The van der Waals surface area contributed by atoms with Crippen LogP contribution in [-0.2, 0) is 4.79 Å². The Balaban J connectivity index is 1.81. The van der Waals surface area contributed by atoms with Crippen LogP contribution in [0.2, 0.25) is 0 Å². The minimum Gasteiger partial charge on any atom is -0.335 e. The molecule has 3 rings (SSSR count). The predicted molar refractivity (Wildman–Crippen MR) is 87.9 cm³/mol. The minimum absolute atomic E-state index is 0.0289. The van der Waals surface area contributed by atoms with E-state index in [1.165, 1.54) is 0 Å². The molecule has 0 spiro atoms. The molecule has 1 aromatic heterocycles. The maximum Gasteiger partial charge on any atom is 0.248 e. The van der Waals surface area contributed by atoms with E-state index < -0.39 is 5.92 Å².